The van der Waals surface area contributed by atoms with Gasteiger partial charge in [0.05, 0.1) is 0 Å². The summed E-state index contributed by atoms with van der Waals surface area (Å²) in [6.07, 6.45) is 26.8. The van der Waals surface area contributed by atoms with Crippen molar-refractivity contribution in [2.75, 3.05) is 11.5 Å². The van der Waals surface area contributed by atoms with Gasteiger partial charge in [0.1, 0.15) is 0 Å². The fourth-order valence-electron chi connectivity index (χ4n) is 8.74. The molecule has 0 aliphatic heterocycles. The first-order chi connectivity index (χ1) is 18.7. The quantitative estimate of drug-likeness (QED) is 0.391. The molecule has 0 amide bonds. The van der Waals surface area contributed by atoms with Crippen molar-refractivity contribution < 1.29 is 0 Å². The molecule has 4 N–H and O–H groups in total. The summed E-state index contributed by atoms with van der Waals surface area (Å²) in [7, 11) is 0. The average Bonchev–Trinajstić information content (AvgIpc) is 2.99. The fourth-order valence-corrected chi connectivity index (χ4v) is 8.74. The summed E-state index contributed by atoms with van der Waals surface area (Å²) in [4.78, 5) is 0. The molecule has 2 heteroatoms. The third-order valence-corrected chi connectivity index (χ3v) is 11.0. The van der Waals surface area contributed by atoms with Gasteiger partial charge in [0.15, 0.2) is 0 Å². The van der Waals surface area contributed by atoms with Crippen LogP contribution in [0.5, 0.6) is 0 Å². The predicted octanol–water partition coefficient (Wildman–Crippen LogP) is 10.7. The SMILES string of the molecule is Nc1c(C2CCCCC2)cc(-c2cc(C3CCCCC3)c(N)c(C3CCCCC3)c2)cc1C1CCCCC1. The van der Waals surface area contributed by atoms with Gasteiger partial charge in [-0.1, -0.05) is 77.0 Å². The van der Waals surface area contributed by atoms with Crippen molar-refractivity contribution in [3.05, 3.63) is 46.5 Å². The lowest BCUT2D eigenvalue weighted by Crippen LogP contribution is -2.14. The highest BCUT2D eigenvalue weighted by Gasteiger charge is 2.28. The second-order valence-corrected chi connectivity index (χ2v) is 13.5. The monoisotopic (exact) mass is 512 g/mol. The van der Waals surface area contributed by atoms with E-state index in [9.17, 15) is 0 Å². The van der Waals surface area contributed by atoms with Crippen molar-refractivity contribution >= 4 is 11.4 Å². The van der Waals surface area contributed by atoms with Crippen LogP contribution in [-0.4, -0.2) is 0 Å². The molecule has 38 heavy (non-hydrogen) atoms. The van der Waals surface area contributed by atoms with Gasteiger partial charge < -0.3 is 11.5 Å². The van der Waals surface area contributed by atoms with E-state index in [2.05, 4.69) is 24.3 Å². The molecule has 0 aromatic heterocycles. The number of benzene rings is 2. The zero-order chi connectivity index (χ0) is 25.9. The smallest absolute Gasteiger partial charge is 0.0385 e. The van der Waals surface area contributed by atoms with E-state index >= 15 is 0 Å². The maximum Gasteiger partial charge on any atom is 0.0385 e. The minimum atomic E-state index is 0.635. The first-order valence-electron chi connectivity index (χ1n) is 16.6. The lowest BCUT2D eigenvalue weighted by atomic mass is 9.75. The highest BCUT2D eigenvalue weighted by Crippen LogP contribution is 2.47. The van der Waals surface area contributed by atoms with Gasteiger partial charge in [0.2, 0.25) is 0 Å². The number of nitrogens with two attached hydrogens (primary N) is 2. The van der Waals surface area contributed by atoms with Crippen molar-refractivity contribution in [3.63, 3.8) is 0 Å². The third-order valence-electron chi connectivity index (χ3n) is 11.0. The molecule has 4 aliphatic carbocycles. The number of anilines is 2. The normalized spacial score (nSPS) is 23.1. The molecule has 0 spiro atoms. The van der Waals surface area contributed by atoms with Gasteiger partial charge in [-0.05, 0) is 133 Å². The number of hydrogen-bond acceptors (Lipinski definition) is 2. The minimum Gasteiger partial charge on any atom is -0.398 e. The molecule has 4 aliphatic rings. The molecule has 2 aromatic rings. The molecule has 4 saturated carbocycles. The van der Waals surface area contributed by atoms with Gasteiger partial charge in [0.25, 0.3) is 0 Å². The Hall–Kier alpha value is -1.96. The van der Waals surface area contributed by atoms with Crippen molar-refractivity contribution in [2.24, 2.45) is 0 Å². The summed E-state index contributed by atoms with van der Waals surface area (Å²) in [5.74, 6) is 2.54. The van der Waals surface area contributed by atoms with E-state index in [4.69, 9.17) is 11.5 Å². The highest BCUT2D eigenvalue weighted by atomic mass is 14.6. The Morgan fingerprint density at radius 3 is 0.763 bits per heavy atom. The van der Waals surface area contributed by atoms with Gasteiger partial charge in [0, 0.05) is 11.4 Å². The summed E-state index contributed by atoms with van der Waals surface area (Å²) in [5.41, 5.74) is 25.2. The Balaban J connectivity index is 1.48. The van der Waals surface area contributed by atoms with Crippen LogP contribution in [0.4, 0.5) is 11.4 Å². The Bertz CT molecular complexity index is 911. The standard InChI is InChI=1S/C36H52N2/c37-35-31(25-13-5-1-6-14-25)21-29(22-32(35)26-15-7-2-8-16-26)30-23-33(27-17-9-3-10-18-27)36(38)34(24-30)28-19-11-4-12-20-28/h21-28H,1-20,37-38H2. The summed E-state index contributed by atoms with van der Waals surface area (Å²) >= 11 is 0. The molecule has 0 saturated heterocycles. The first-order valence-corrected chi connectivity index (χ1v) is 16.6. The summed E-state index contributed by atoms with van der Waals surface area (Å²) in [5, 5.41) is 0. The van der Waals surface area contributed by atoms with Gasteiger partial charge in [-0.2, -0.15) is 0 Å². The van der Waals surface area contributed by atoms with E-state index in [1.807, 2.05) is 0 Å². The maximum absolute atomic E-state index is 7.09. The Kier molecular flexibility index (Phi) is 8.33. The van der Waals surface area contributed by atoms with Gasteiger partial charge in [-0.3, -0.25) is 0 Å². The lowest BCUT2D eigenvalue weighted by molar-refractivity contribution is 0.437. The van der Waals surface area contributed by atoms with Crippen molar-refractivity contribution in [2.45, 2.75) is 152 Å². The number of rotatable bonds is 5. The van der Waals surface area contributed by atoms with E-state index in [0.29, 0.717) is 23.7 Å². The van der Waals surface area contributed by atoms with Crippen LogP contribution in [0.3, 0.4) is 0 Å². The average molecular weight is 513 g/mol. The van der Waals surface area contributed by atoms with E-state index in [1.165, 1.54) is 162 Å². The zero-order valence-corrected chi connectivity index (χ0v) is 23.9. The number of nitrogen functional groups attached to an aromatic ring is 2. The van der Waals surface area contributed by atoms with Gasteiger partial charge in [-0.15, -0.1) is 0 Å². The van der Waals surface area contributed by atoms with Crippen molar-refractivity contribution in [1.82, 2.24) is 0 Å². The van der Waals surface area contributed by atoms with Crippen molar-refractivity contribution in [3.8, 4) is 11.1 Å². The van der Waals surface area contributed by atoms with Crippen molar-refractivity contribution in [1.29, 1.82) is 0 Å². The van der Waals surface area contributed by atoms with Crippen LogP contribution in [0.25, 0.3) is 11.1 Å². The summed E-state index contributed by atoms with van der Waals surface area (Å²) in [6, 6.07) is 10.1. The molecule has 6 rings (SSSR count). The fraction of sp³-hybridized carbons (Fsp3) is 0.667. The molecule has 0 heterocycles. The largest absolute Gasteiger partial charge is 0.398 e. The van der Waals surface area contributed by atoms with Gasteiger partial charge in [-0.25, -0.2) is 0 Å². The molecule has 0 bridgehead atoms. The van der Waals surface area contributed by atoms with Crippen LogP contribution in [0, 0.1) is 0 Å². The van der Waals surface area contributed by atoms with Crippen LogP contribution < -0.4 is 11.5 Å². The Labute approximate surface area is 232 Å². The third kappa shape index (κ3) is 5.52. The Morgan fingerprint density at radius 1 is 0.342 bits per heavy atom. The van der Waals surface area contributed by atoms with Crippen LogP contribution >= 0.6 is 0 Å². The first kappa shape index (κ1) is 26.3. The predicted molar refractivity (Wildman–Crippen MR) is 164 cm³/mol. The molecular weight excluding hydrogens is 460 g/mol. The van der Waals surface area contributed by atoms with Gasteiger partial charge >= 0.3 is 0 Å². The van der Waals surface area contributed by atoms with Crippen LogP contribution in [0.15, 0.2) is 24.3 Å². The van der Waals surface area contributed by atoms with Crippen LogP contribution in [0.2, 0.25) is 0 Å². The molecule has 206 valence electrons. The lowest BCUT2D eigenvalue weighted by Gasteiger charge is -2.31. The van der Waals surface area contributed by atoms with Crippen LogP contribution in [-0.2, 0) is 0 Å². The molecule has 2 aromatic carbocycles. The second-order valence-electron chi connectivity index (χ2n) is 13.5. The number of hydrogen-bond donors (Lipinski definition) is 2. The second kappa shape index (κ2) is 12.1. The zero-order valence-electron chi connectivity index (χ0n) is 23.9. The Morgan fingerprint density at radius 2 is 0.553 bits per heavy atom. The minimum absolute atomic E-state index is 0.635. The van der Waals surface area contributed by atoms with E-state index in [0.717, 1.165) is 11.4 Å². The summed E-state index contributed by atoms with van der Waals surface area (Å²) in [6.45, 7) is 0. The van der Waals surface area contributed by atoms with E-state index < -0.39 is 0 Å². The topological polar surface area (TPSA) is 52.0 Å². The molecule has 2 nitrogen and oxygen atoms in total. The van der Waals surface area contributed by atoms with E-state index in [-0.39, 0.29) is 0 Å². The molecule has 0 atom stereocenters. The molecule has 0 unspecified atom stereocenters. The molecule has 4 fully saturated rings. The van der Waals surface area contributed by atoms with E-state index in [1.54, 1.807) is 0 Å². The summed E-state index contributed by atoms with van der Waals surface area (Å²) < 4.78 is 0. The maximum atomic E-state index is 7.09. The molecule has 0 radical (unpaired) electrons. The molecular formula is C36H52N2. The highest BCUT2D eigenvalue weighted by molar-refractivity contribution is 5.76. The van der Waals surface area contributed by atoms with Crippen LogP contribution in [0.1, 0.15) is 174 Å².